The molecule has 3 rings (SSSR count). The van der Waals surface area contributed by atoms with Gasteiger partial charge in [0.05, 0.1) is 6.54 Å². The molecule has 0 unspecified atom stereocenters. The number of nitrogens with zero attached hydrogens (tertiary/aromatic N) is 2. The minimum absolute atomic E-state index is 0.272. The summed E-state index contributed by atoms with van der Waals surface area (Å²) >= 11 is 7.22. The summed E-state index contributed by atoms with van der Waals surface area (Å²) in [5.74, 6) is 0.906. The van der Waals surface area contributed by atoms with Gasteiger partial charge in [0, 0.05) is 12.1 Å². The van der Waals surface area contributed by atoms with E-state index in [0.717, 1.165) is 29.3 Å². The maximum atomic E-state index is 10.8. The molecule has 98 valence electrons. The van der Waals surface area contributed by atoms with Crippen LogP contribution in [0, 0.1) is 0 Å². The van der Waals surface area contributed by atoms with E-state index in [0.29, 0.717) is 18.0 Å². The van der Waals surface area contributed by atoms with E-state index in [1.54, 1.807) is 0 Å². The summed E-state index contributed by atoms with van der Waals surface area (Å²) in [5, 5.41) is 1.03. The average molecular weight is 295 g/mol. The Bertz CT molecular complexity index is 614. The van der Waals surface area contributed by atoms with Gasteiger partial charge in [-0.05, 0) is 6.07 Å². The van der Waals surface area contributed by atoms with E-state index >= 15 is 0 Å². The number of fused-ring (bicyclic) bond motifs is 1. The molecule has 0 bridgehead atoms. The first-order chi connectivity index (χ1) is 9.28. The number of carbonyl (C=O) groups is 1. The standard InChI is InChI=1S/C13H11ClN2O2S/c14-12-11(8-17)19-13(15-12)16-5-6-18-10-4-2-1-3-9(10)7-16/h1-4,8H,5-7H2. The molecular weight excluding hydrogens is 284 g/mol. The number of benzene rings is 1. The molecule has 2 heterocycles. The van der Waals surface area contributed by atoms with Crippen LogP contribution in [0.4, 0.5) is 5.13 Å². The van der Waals surface area contributed by atoms with Crippen molar-refractivity contribution in [2.45, 2.75) is 6.54 Å². The molecule has 1 aliphatic rings. The van der Waals surface area contributed by atoms with Crippen molar-refractivity contribution in [2.75, 3.05) is 18.1 Å². The van der Waals surface area contributed by atoms with E-state index in [2.05, 4.69) is 9.88 Å². The SMILES string of the molecule is O=Cc1sc(N2CCOc3ccccc3C2)nc1Cl. The molecule has 0 aliphatic carbocycles. The van der Waals surface area contributed by atoms with Crippen LogP contribution in [0.15, 0.2) is 24.3 Å². The highest BCUT2D eigenvalue weighted by atomic mass is 35.5. The van der Waals surface area contributed by atoms with Crippen LogP contribution >= 0.6 is 22.9 Å². The van der Waals surface area contributed by atoms with Crippen LogP contribution < -0.4 is 9.64 Å². The van der Waals surface area contributed by atoms with Gasteiger partial charge in [-0.2, -0.15) is 0 Å². The number of ether oxygens (including phenoxy) is 1. The van der Waals surface area contributed by atoms with E-state index in [1.807, 2.05) is 24.3 Å². The molecule has 0 saturated carbocycles. The van der Waals surface area contributed by atoms with Gasteiger partial charge in [-0.15, -0.1) is 0 Å². The van der Waals surface area contributed by atoms with Crippen molar-refractivity contribution >= 4 is 34.4 Å². The van der Waals surface area contributed by atoms with Gasteiger partial charge in [-0.1, -0.05) is 41.1 Å². The lowest BCUT2D eigenvalue weighted by atomic mass is 10.2. The Morgan fingerprint density at radius 3 is 3.05 bits per heavy atom. The van der Waals surface area contributed by atoms with E-state index in [-0.39, 0.29) is 5.15 Å². The smallest absolute Gasteiger partial charge is 0.187 e. The van der Waals surface area contributed by atoms with Crippen LogP contribution in [0.3, 0.4) is 0 Å². The summed E-state index contributed by atoms with van der Waals surface area (Å²) in [6.45, 7) is 2.01. The largest absolute Gasteiger partial charge is 0.491 e. The van der Waals surface area contributed by atoms with Gasteiger partial charge in [0.2, 0.25) is 0 Å². The van der Waals surface area contributed by atoms with Gasteiger partial charge in [-0.3, -0.25) is 4.79 Å². The predicted molar refractivity (Wildman–Crippen MR) is 75.5 cm³/mol. The van der Waals surface area contributed by atoms with Crippen LogP contribution in [0.5, 0.6) is 5.75 Å². The first-order valence-electron chi connectivity index (χ1n) is 5.85. The number of anilines is 1. The Kier molecular flexibility index (Phi) is 3.40. The molecule has 1 aromatic carbocycles. The summed E-state index contributed by atoms with van der Waals surface area (Å²) in [4.78, 5) is 17.6. The van der Waals surface area contributed by atoms with Crippen molar-refractivity contribution in [3.63, 3.8) is 0 Å². The minimum atomic E-state index is 0.272. The Balaban J connectivity index is 1.91. The van der Waals surface area contributed by atoms with Crippen molar-refractivity contribution in [3.8, 4) is 5.75 Å². The van der Waals surface area contributed by atoms with Crippen LogP contribution in [0.2, 0.25) is 5.15 Å². The van der Waals surface area contributed by atoms with E-state index in [9.17, 15) is 4.79 Å². The third-order valence-corrected chi connectivity index (χ3v) is 4.37. The zero-order valence-corrected chi connectivity index (χ0v) is 11.6. The number of aldehydes is 1. The molecule has 1 aromatic heterocycles. The van der Waals surface area contributed by atoms with Gasteiger partial charge in [0.1, 0.15) is 17.2 Å². The average Bonchev–Trinajstić information content (AvgIpc) is 2.68. The van der Waals surface area contributed by atoms with Gasteiger partial charge >= 0.3 is 0 Å². The number of halogens is 1. The third kappa shape index (κ3) is 2.43. The quantitative estimate of drug-likeness (QED) is 0.799. The molecule has 2 aromatic rings. The van der Waals surface area contributed by atoms with Gasteiger partial charge < -0.3 is 9.64 Å². The number of hydrogen-bond acceptors (Lipinski definition) is 5. The summed E-state index contributed by atoms with van der Waals surface area (Å²) in [7, 11) is 0. The minimum Gasteiger partial charge on any atom is -0.491 e. The zero-order chi connectivity index (χ0) is 13.2. The van der Waals surface area contributed by atoms with Crippen molar-refractivity contribution in [3.05, 3.63) is 39.9 Å². The normalized spacial score (nSPS) is 14.5. The Morgan fingerprint density at radius 2 is 2.26 bits per heavy atom. The third-order valence-electron chi connectivity index (χ3n) is 2.93. The second kappa shape index (κ2) is 5.19. The molecule has 0 spiro atoms. The van der Waals surface area contributed by atoms with Crippen molar-refractivity contribution in [1.29, 1.82) is 0 Å². The van der Waals surface area contributed by atoms with E-state index in [1.165, 1.54) is 11.3 Å². The Morgan fingerprint density at radius 1 is 1.42 bits per heavy atom. The molecule has 0 fully saturated rings. The summed E-state index contributed by atoms with van der Waals surface area (Å²) in [6, 6.07) is 7.94. The molecular formula is C13H11ClN2O2S. The second-order valence-electron chi connectivity index (χ2n) is 4.15. The highest BCUT2D eigenvalue weighted by Gasteiger charge is 2.19. The van der Waals surface area contributed by atoms with Crippen LogP contribution in [0.1, 0.15) is 15.2 Å². The van der Waals surface area contributed by atoms with Crippen molar-refractivity contribution in [2.24, 2.45) is 0 Å². The number of hydrogen-bond donors (Lipinski definition) is 0. The molecule has 0 N–H and O–H groups in total. The molecule has 1 aliphatic heterocycles. The number of rotatable bonds is 2. The number of thiazole rings is 1. The van der Waals surface area contributed by atoms with Crippen LogP contribution in [-0.2, 0) is 6.54 Å². The Hall–Kier alpha value is -1.59. The molecule has 0 saturated heterocycles. The summed E-state index contributed by atoms with van der Waals surface area (Å²) in [6.07, 6.45) is 0.742. The molecule has 19 heavy (non-hydrogen) atoms. The maximum Gasteiger partial charge on any atom is 0.187 e. The Labute approximate surface area is 119 Å². The fraction of sp³-hybridized carbons (Fsp3) is 0.231. The first kappa shape index (κ1) is 12.4. The topological polar surface area (TPSA) is 42.4 Å². The molecule has 4 nitrogen and oxygen atoms in total. The van der Waals surface area contributed by atoms with Crippen molar-refractivity contribution < 1.29 is 9.53 Å². The lowest BCUT2D eigenvalue weighted by Crippen LogP contribution is -2.24. The zero-order valence-electron chi connectivity index (χ0n) is 10.0. The van der Waals surface area contributed by atoms with Crippen LogP contribution in [-0.4, -0.2) is 24.4 Å². The molecule has 0 atom stereocenters. The number of para-hydroxylation sites is 1. The number of carbonyl (C=O) groups excluding carboxylic acids is 1. The first-order valence-corrected chi connectivity index (χ1v) is 7.04. The van der Waals surface area contributed by atoms with Gasteiger partial charge in [-0.25, -0.2) is 4.98 Å². The van der Waals surface area contributed by atoms with Gasteiger partial charge in [0.15, 0.2) is 16.6 Å². The summed E-state index contributed by atoms with van der Waals surface area (Å²) in [5.41, 5.74) is 1.11. The highest BCUT2D eigenvalue weighted by Crippen LogP contribution is 2.31. The fourth-order valence-corrected chi connectivity index (χ4v) is 3.09. The molecule has 6 heteroatoms. The lowest BCUT2D eigenvalue weighted by molar-refractivity contribution is 0.112. The predicted octanol–water partition coefficient (Wildman–Crippen LogP) is 3.01. The maximum absolute atomic E-state index is 10.8. The lowest BCUT2D eigenvalue weighted by Gasteiger charge is -2.18. The van der Waals surface area contributed by atoms with Crippen molar-refractivity contribution in [1.82, 2.24) is 4.98 Å². The monoisotopic (exact) mass is 294 g/mol. The number of aromatic nitrogens is 1. The molecule has 0 radical (unpaired) electrons. The van der Waals surface area contributed by atoms with E-state index in [4.69, 9.17) is 16.3 Å². The second-order valence-corrected chi connectivity index (χ2v) is 5.51. The summed E-state index contributed by atoms with van der Waals surface area (Å²) < 4.78 is 5.70. The van der Waals surface area contributed by atoms with Gasteiger partial charge in [0.25, 0.3) is 0 Å². The van der Waals surface area contributed by atoms with Crippen LogP contribution in [0.25, 0.3) is 0 Å². The fourth-order valence-electron chi connectivity index (χ4n) is 2.00. The highest BCUT2D eigenvalue weighted by molar-refractivity contribution is 7.17. The molecule has 0 amide bonds. The van der Waals surface area contributed by atoms with E-state index < -0.39 is 0 Å².